The highest BCUT2D eigenvalue weighted by atomic mass is 35.5. The number of halogens is 1. The van der Waals surface area contributed by atoms with Gasteiger partial charge >= 0.3 is 5.97 Å². The zero-order valence-corrected chi connectivity index (χ0v) is 15.3. The fourth-order valence-corrected chi connectivity index (χ4v) is 2.56. The van der Waals surface area contributed by atoms with Crippen molar-refractivity contribution >= 4 is 29.0 Å². The van der Waals surface area contributed by atoms with Crippen molar-refractivity contribution in [2.24, 2.45) is 0 Å². The number of ether oxygens (including phenoxy) is 2. The van der Waals surface area contributed by atoms with Crippen LogP contribution in [0, 0.1) is 13.8 Å². The SMILES string of the molecule is COc1cc(N)c(Cl)cc1C(=O)O[C@H](C)C(=O)c1cc(C)ccc1C. The minimum absolute atomic E-state index is 0.113. The van der Waals surface area contributed by atoms with Crippen LogP contribution in [0.4, 0.5) is 5.69 Å². The van der Waals surface area contributed by atoms with Gasteiger partial charge < -0.3 is 15.2 Å². The number of carbonyl (C=O) groups excluding carboxylic acids is 2. The molecule has 0 aliphatic heterocycles. The fraction of sp³-hybridized carbons (Fsp3) is 0.263. The van der Waals surface area contributed by atoms with Crippen LogP contribution >= 0.6 is 11.6 Å². The highest BCUT2D eigenvalue weighted by Crippen LogP contribution is 2.29. The number of hydrogen-bond acceptors (Lipinski definition) is 5. The van der Waals surface area contributed by atoms with Crippen molar-refractivity contribution in [1.29, 1.82) is 0 Å². The fourth-order valence-electron chi connectivity index (χ4n) is 2.40. The number of Topliss-reactive ketones (excluding diaryl/α,β-unsaturated/α-hetero) is 1. The predicted molar refractivity (Wildman–Crippen MR) is 97.5 cm³/mol. The Morgan fingerprint density at radius 2 is 1.80 bits per heavy atom. The second-order valence-electron chi connectivity index (χ2n) is 5.80. The number of carbonyl (C=O) groups is 2. The van der Waals surface area contributed by atoms with Gasteiger partial charge in [0, 0.05) is 11.6 Å². The van der Waals surface area contributed by atoms with Gasteiger partial charge in [0.1, 0.15) is 11.3 Å². The predicted octanol–water partition coefficient (Wildman–Crippen LogP) is 3.98. The monoisotopic (exact) mass is 361 g/mol. The number of nitrogen functional groups attached to an aromatic ring is 1. The quantitative estimate of drug-likeness (QED) is 0.495. The maximum Gasteiger partial charge on any atom is 0.342 e. The smallest absolute Gasteiger partial charge is 0.342 e. The van der Waals surface area contributed by atoms with Gasteiger partial charge in [0.15, 0.2) is 6.10 Å². The molecule has 0 bridgehead atoms. The zero-order valence-electron chi connectivity index (χ0n) is 14.6. The molecule has 2 rings (SSSR count). The number of benzene rings is 2. The summed E-state index contributed by atoms with van der Waals surface area (Å²) in [5.74, 6) is -0.738. The molecule has 2 N–H and O–H groups in total. The van der Waals surface area contributed by atoms with Gasteiger partial charge in [-0.25, -0.2) is 4.79 Å². The highest BCUT2D eigenvalue weighted by Gasteiger charge is 2.24. The van der Waals surface area contributed by atoms with E-state index in [0.717, 1.165) is 11.1 Å². The summed E-state index contributed by atoms with van der Waals surface area (Å²) in [4.78, 5) is 25.0. The molecule has 0 saturated heterocycles. The number of aryl methyl sites for hydroxylation is 2. The Balaban J connectivity index is 2.24. The van der Waals surface area contributed by atoms with Crippen LogP contribution in [0.15, 0.2) is 30.3 Å². The lowest BCUT2D eigenvalue weighted by atomic mass is 9.99. The van der Waals surface area contributed by atoms with Gasteiger partial charge in [0.2, 0.25) is 5.78 Å². The molecule has 6 heteroatoms. The van der Waals surface area contributed by atoms with Gasteiger partial charge in [-0.05, 0) is 38.5 Å². The van der Waals surface area contributed by atoms with Gasteiger partial charge in [-0.2, -0.15) is 0 Å². The molecule has 0 aliphatic rings. The van der Waals surface area contributed by atoms with E-state index < -0.39 is 12.1 Å². The lowest BCUT2D eigenvalue weighted by molar-refractivity contribution is 0.0315. The first-order chi connectivity index (χ1) is 11.7. The first-order valence-corrected chi connectivity index (χ1v) is 8.07. The molecule has 0 amide bonds. The summed E-state index contributed by atoms with van der Waals surface area (Å²) >= 11 is 5.96. The van der Waals surface area contributed by atoms with E-state index in [1.807, 2.05) is 26.0 Å². The molecular formula is C19H20ClNO4. The molecule has 0 aliphatic carbocycles. The second-order valence-corrected chi connectivity index (χ2v) is 6.21. The number of methoxy groups -OCH3 is 1. The largest absolute Gasteiger partial charge is 0.496 e. The molecular weight excluding hydrogens is 342 g/mol. The molecule has 0 radical (unpaired) electrons. The summed E-state index contributed by atoms with van der Waals surface area (Å²) in [6.45, 7) is 5.27. The van der Waals surface area contributed by atoms with Crippen molar-refractivity contribution in [2.45, 2.75) is 26.9 Å². The number of hydrogen-bond donors (Lipinski definition) is 1. The first-order valence-electron chi connectivity index (χ1n) is 7.70. The van der Waals surface area contributed by atoms with Crippen LogP contribution in [-0.4, -0.2) is 25.0 Å². The van der Waals surface area contributed by atoms with Gasteiger partial charge in [-0.1, -0.05) is 29.3 Å². The van der Waals surface area contributed by atoms with Crippen molar-refractivity contribution in [3.63, 3.8) is 0 Å². The van der Waals surface area contributed by atoms with E-state index >= 15 is 0 Å². The Morgan fingerprint density at radius 1 is 1.12 bits per heavy atom. The molecule has 5 nitrogen and oxygen atoms in total. The summed E-state index contributed by atoms with van der Waals surface area (Å²) in [6, 6.07) is 8.37. The third-order valence-corrected chi connectivity index (χ3v) is 4.18. The highest BCUT2D eigenvalue weighted by molar-refractivity contribution is 6.33. The van der Waals surface area contributed by atoms with Crippen molar-refractivity contribution in [3.8, 4) is 5.75 Å². The molecule has 2 aromatic rings. The van der Waals surface area contributed by atoms with Crippen molar-refractivity contribution in [1.82, 2.24) is 0 Å². The van der Waals surface area contributed by atoms with Gasteiger partial charge in [-0.3, -0.25) is 4.79 Å². The van der Waals surface area contributed by atoms with Crippen LogP contribution in [0.2, 0.25) is 5.02 Å². The second kappa shape index (κ2) is 7.57. The number of anilines is 1. The Morgan fingerprint density at radius 3 is 2.44 bits per heavy atom. The Hall–Kier alpha value is -2.53. The number of ketones is 1. The molecule has 1 atom stereocenters. The maximum absolute atomic E-state index is 12.6. The summed E-state index contributed by atoms with van der Waals surface area (Å²) in [5, 5.41) is 0.209. The third-order valence-electron chi connectivity index (χ3n) is 3.85. The molecule has 0 unspecified atom stereocenters. The van der Waals surface area contributed by atoms with E-state index in [1.54, 1.807) is 6.07 Å². The van der Waals surface area contributed by atoms with Crippen LogP contribution in [0.5, 0.6) is 5.75 Å². The molecule has 0 spiro atoms. The summed E-state index contributed by atoms with van der Waals surface area (Å²) in [6.07, 6.45) is -0.950. The van der Waals surface area contributed by atoms with E-state index in [9.17, 15) is 9.59 Å². The average molecular weight is 362 g/mol. The normalized spacial score (nSPS) is 11.7. The van der Waals surface area contributed by atoms with Crippen molar-refractivity contribution < 1.29 is 19.1 Å². The van der Waals surface area contributed by atoms with Crippen LogP contribution < -0.4 is 10.5 Å². The van der Waals surface area contributed by atoms with Crippen LogP contribution in [0.25, 0.3) is 0 Å². The lowest BCUT2D eigenvalue weighted by Gasteiger charge is -2.16. The maximum atomic E-state index is 12.6. The molecule has 25 heavy (non-hydrogen) atoms. The van der Waals surface area contributed by atoms with Crippen molar-refractivity contribution in [3.05, 3.63) is 57.6 Å². The number of nitrogens with two attached hydrogens (primary N) is 1. The molecule has 132 valence electrons. The Labute approximate surface area is 151 Å². The molecule has 0 aromatic heterocycles. The number of esters is 1. The third kappa shape index (κ3) is 4.12. The van der Waals surface area contributed by atoms with Gasteiger partial charge in [-0.15, -0.1) is 0 Å². The summed E-state index contributed by atoms with van der Waals surface area (Å²) < 4.78 is 10.5. The van der Waals surface area contributed by atoms with Crippen molar-refractivity contribution in [2.75, 3.05) is 12.8 Å². The summed E-state index contributed by atoms with van der Waals surface area (Å²) in [5.41, 5.74) is 8.42. The van der Waals surface area contributed by atoms with Gasteiger partial charge in [0.05, 0.1) is 17.8 Å². The lowest BCUT2D eigenvalue weighted by Crippen LogP contribution is -2.25. The zero-order chi connectivity index (χ0) is 18.7. The van der Waals surface area contributed by atoms with Crippen LogP contribution in [0.1, 0.15) is 38.8 Å². The number of rotatable bonds is 5. The minimum Gasteiger partial charge on any atom is -0.496 e. The topological polar surface area (TPSA) is 78.6 Å². The van der Waals surface area contributed by atoms with E-state index in [-0.39, 0.29) is 27.8 Å². The van der Waals surface area contributed by atoms with Crippen LogP contribution in [-0.2, 0) is 4.74 Å². The Bertz CT molecular complexity index is 832. The molecule has 0 saturated carbocycles. The standard InChI is InChI=1S/C19H20ClNO4/c1-10-5-6-11(2)13(7-10)18(22)12(3)25-19(23)14-8-15(20)16(21)9-17(14)24-4/h5-9,12H,21H2,1-4H3/t12-/m1/s1. The van der Waals surface area contributed by atoms with E-state index in [1.165, 1.54) is 26.2 Å². The first kappa shape index (κ1) is 18.8. The van der Waals surface area contributed by atoms with Gasteiger partial charge in [0.25, 0.3) is 0 Å². The summed E-state index contributed by atoms with van der Waals surface area (Å²) in [7, 11) is 1.41. The molecule has 2 aromatic carbocycles. The molecule has 0 fully saturated rings. The Kier molecular flexibility index (Phi) is 5.69. The minimum atomic E-state index is -0.950. The molecule has 0 heterocycles. The van der Waals surface area contributed by atoms with E-state index in [0.29, 0.717) is 5.56 Å². The average Bonchev–Trinajstić information content (AvgIpc) is 2.58. The van der Waals surface area contributed by atoms with E-state index in [4.69, 9.17) is 26.8 Å². The van der Waals surface area contributed by atoms with Crippen LogP contribution in [0.3, 0.4) is 0 Å². The van der Waals surface area contributed by atoms with E-state index in [2.05, 4.69) is 0 Å².